The first-order valence-corrected chi connectivity index (χ1v) is 7.40. The molecule has 3 heteroatoms. The molecule has 2 unspecified atom stereocenters. The van der Waals surface area contributed by atoms with Crippen molar-refractivity contribution in [2.75, 3.05) is 6.61 Å². The van der Waals surface area contributed by atoms with Crippen LogP contribution in [-0.2, 0) is 17.6 Å². The van der Waals surface area contributed by atoms with E-state index in [1.165, 1.54) is 5.56 Å². The molecule has 0 radical (unpaired) electrons. The van der Waals surface area contributed by atoms with Gasteiger partial charge in [0, 0.05) is 12.6 Å². The van der Waals surface area contributed by atoms with Gasteiger partial charge >= 0.3 is 0 Å². The van der Waals surface area contributed by atoms with Crippen LogP contribution in [0, 0.1) is 11.8 Å². The molecule has 0 heterocycles. The van der Waals surface area contributed by atoms with Crippen LogP contribution in [0.3, 0.4) is 0 Å². The Morgan fingerprint density at radius 2 is 1.65 bits per heavy atom. The minimum atomic E-state index is -0.00675. The van der Waals surface area contributed by atoms with E-state index in [2.05, 4.69) is 31.3 Å². The lowest BCUT2D eigenvalue weighted by molar-refractivity contribution is -0.121. The van der Waals surface area contributed by atoms with Crippen LogP contribution in [0.25, 0.3) is 0 Å². The van der Waals surface area contributed by atoms with Crippen molar-refractivity contribution < 1.29 is 9.90 Å². The third-order valence-corrected chi connectivity index (χ3v) is 3.56. The standard InChI is InChI=1S/C17H27NO2/c1-12(2)9-15-5-7-16(8-6-15)10-17(20)18-14(4)13(3)11-19/h5-8,12-14,19H,9-11H2,1-4H3,(H,18,20). The van der Waals surface area contributed by atoms with Crippen molar-refractivity contribution in [1.29, 1.82) is 0 Å². The van der Waals surface area contributed by atoms with Crippen LogP contribution in [0.2, 0.25) is 0 Å². The van der Waals surface area contributed by atoms with E-state index in [0.717, 1.165) is 12.0 Å². The summed E-state index contributed by atoms with van der Waals surface area (Å²) in [7, 11) is 0. The smallest absolute Gasteiger partial charge is 0.224 e. The molecule has 2 atom stereocenters. The Kier molecular flexibility index (Phi) is 6.73. The van der Waals surface area contributed by atoms with Crippen LogP contribution >= 0.6 is 0 Å². The van der Waals surface area contributed by atoms with Crippen LogP contribution < -0.4 is 5.32 Å². The van der Waals surface area contributed by atoms with E-state index in [1.807, 2.05) is 26.0 Å². The lowest BCUT2D eigenvalue weighted by Gasteiger charge is -2.19. The second kappa shape index (κ2) is 8.05. The van der Waals surface area contributed by atoms with Crippen LogP contribution in [0.4, 0.5) is 0 Å². The molecule has 2 N–H and O–H groups in total. The Morgan fingerprint density at radius 3 is 2.15 bits per heavy atom. The zero-order chi connectivity index (χ0) is 15.1. The fourth-order valence-corrected chi connectivity index (χ4v) is 2.06. The zero-order valence-corrected chi connectivity index (χ0v) is 13.0. The molecule has 0 saturated carbocycles. The van der Waals surface area contributed by atoms with Gasteiger partial charge in [0.2, 0.25) is 5.91 Å². The molecular weight excluding hydrogens is 250 g/mol. The van der Waals surface area contributed by atoms with E-state index >= 15 is 0 Å². The molecule has 0 bridgehead atoms. The number of hydrogen-bond donors (Lipinski definition) is 2. The molecule has 20 heavy (non-hydrogen) atoms. The van der Waals surface area contributed by atoms with Crippen molar-refractivity contribution in [3.05, 3.63) is 35.4 Å². The van der Waals surface area contributed by atoms with Crippen molar-refractivity contribution >= 4 is 5.91 Å². The zero-order valence-electron chi connectivity index (χ0n) is 13.0. The number of rotatable bonds is 7. The third-order valence-electron chi connectivity index (χ3n) is 3.56. The Balaban J connectivity index is 2.50. The molecule has 0 fully saturated rings. The van der Waals surface area contributed by atoms with Crippen molar-refractivity contribution in [3.8, 4) is 0 Å². The van der Waals surface area contributed by atoms with Gasteiger partial charge in [-0.05, 0) is 36.3 Å². The lowest BCUT2D eigenvalue weighted by Crippen LogP contribution is -2.39. The maximum absolute atomic E-state index is 11.9. The van der Waals surface area contributed by atoms with Crippen LogP contribution in [0.5, 0.6) is 0 Å². The second-order valence-corrected chi connectivity index (χ2v) is 6.11. The summed E-state index contributed by atoms with van der Waals surface area (Å²) in [6.45, 7) is 8.33. The maximum atomic E-state index is 11.9. The molecule has 1 rings (SSSR count). The van der Waals surface area contributed by atoms with Crippen LogP contribution in [-0.4, -0.2) is 23.7 Å². The topological polar surface area (TPSA) is 49.3 Å². The summed E-state index contributed by atoms with van der Waals surface area (Å²) in [5.74, 6) is 0.728. The van der Waals surface area contributed by atoms with Crippen LogP contribution in [0.1, 0.15) is 38.8 Å². The Bertz CT molecular complexity index is 412. The van der Waals surface area contributed by atoms with Gasteiger partial charge in [0.15, 0.2) is 0 Å². The Labute approximate surface area is 122 Å². The summed E-state index contributed by atoms with van der Waals surface area (Å²) < 4.78 is 0. The predicted octanol–water partition coefficient (Wildman–Crippen LogP) is 2.56. The van der Waals surface area contributed by atoms with Crippen molar-refractivity contribution in [3.63, 3.8) is 0 Å². The average molecular weight is 277 g/mol. The first kappa shape index (κ1) is 16.7. The monoisotopic (exact) mass is 277 g/mol. The van der Waals surface area contributed by atoms with Gasteiger partial charge in [-0.25, -0.2) is 0 Å². The second-order valence-electron chi connectivity index (χ2n) is 6.11. The molecule has 3 nitrogen and oxygen atoms in total. The summed E-state index contributed by atoms with van der Waals surface area (Å²) in [5.41, 5.74) is 2.34. The number of carbonyl (C=O) groups excluding carboxylic acids is 1. The highest BCUT2D eigenvalue weighted by Gasteiger charge is 2.14. The highest BCUT2D eigenvalue weighted by molar-refractivity contribution is 5.78. The summed E-state index contributed by atoms with van der Waals surface area (Å²) >= 11 is 0. The summed E-state index contributed by atoms with van der Waals surface area (Å²) in [4.78, 5) is 11.9. The number of aliphatic hydroxyl groups excluding tert-OH is 1. The van der Waals surface area contributed by atoms with Crippen molar-refractivity contribution in [2.45, 2.75) is 46.6 Å². The molecule has 1 amide bonds. The average Bonchev–Trinajstić information content (AvgIpc) is 2.39. The molecule has 0 aliphatic carbocycles. The SMILES string of the molecule is CC(C)Cc1ccc(CC(=O)NC(C)C(C)CO)cc1. The predicted molar refractivity (Wildman–Crippen MR) is 82.5 cm³/mol. The van der Waals surface area contributed by atoms with Gasteiger partial charge in [-0.1, -0.05) is 45.0 Å². The molecule has 0 spiro atoms. The fraction of sp³-hybridized carbons (Fsp3) is 0.588. The number of benzene rings is 1. The summed E-state index contributed by atoms with van der Waals surface area (Å²) in [6, 6.07) is 8.24. The highest BCUT2D eigenvalue weighted by Crippen LogP contribution is 2.10. The molecule has 0 aromatic heterocycles. The minimum Gasteiger partial charge on any atom is -0.396 e. The molecule has 0 aliphatic heterocycles. The van der Waals surface area contributed by atoms with E-state index in [4.69, 9.17) is 5.11 Å². The number of nitrogens with one attached hydrogen (secondary N) is 1. The maximum Gasteiger partial charge on any atom is 0.224 e. The largest absolute Gasteiger partial charge is 0.396 e. The Hall–Kier alpha value is -1.35. The summed E-state index contributed by atoms with van der Waals surface area (Å²) in [5, 5.41) is 12.0. The number of aliphatic hydroxyl groups is 1. The number of amides is 1. The molecule has 0 aliphatic rings. The fourth-order valence-electron chi connectivity index (χ4n) is 2.06. The van der Waals surface area contributed by atoms with Gasteiger partial charge < -0.3 is 10.4 Å². The van der Waals surface area contributed by atoms with E-state index < -0.39 is 0 Å². The van der Waals surface area contributed by atoms with Crippen molar-refractivity contribution in [2.24, 2.45) is 11.8 Å². The van der Waals surface area contributed by atoms with Gasteiger partial charge in [-0.2, -0.15) is 0 Å². The number of carbonyl (C=O) groups is 1. The Morgan fingerprint density at radius 1 is 1.10 bits per heavy atom. The highest BCUT2D eigenvalue weighted by atomic mass is 16.3. The minimum absolute atomic E-state index is 0.00675. The van der Waals surface area contributed by atoms with Gasteiger partial charge in [0.05, 0.1) is 6.42 Å². The summed E-state index contributed by atoms with van der Waals surface area (Å²) in [6.07, 6.45) is 1.46. The third kappa shape index (κ3) is 5.74. The van der Waals surface area contributed by atoms with E-state index in [9.17, 15) is 4.79 Å². The van der Waals surface area contributed by atoms with E-state index in [0.29, 0.717) is 12.3 Å². The molecule has 1 aromatic rings. The number of hydrogen-bond acceptors (Lipinski definition) is 2. The molecular formula is C17H27NO2. The quantitative estimate of drug-likeness (QED) is 0.804. The first-order valence-electron chi connectivity index (χ1n) is 7.40. The normalized spacial score (nSPS) is 14.1. The van der Waals surface area contributed by atoms with Crippen LogP contribution in [0.15, 0.2) is 24.3 Å². The molecule has 112 valence electrons. The van der Waals surface area contributed by atoms with Gasteiger partial charge in [-0.15, -0.1) is 0 Å². The van der Waals surface area contributed by atoms with Crippen molar-refractivity contribution in [1.82, 2.24) is 5.32 Å². The lowest BCUT2D eigenvalue weighted by atomic mass is 10.0. The van der Waals surface area contributed by atoms with Gasteiger partial charge in [0.25, 0.3) is 0 Å². The first-order chi connectivity index (χ1) is 9.42. The van der Waals surface area contributed by atoms with Gasteiger partial charge in [0.1, 0.15) is 0 Å². The van der Waals surface area contributed by atoms with E-state index in [-0.39, 0.29) is 24.5 Å². The molecule has 0 saturated heterocycles. The van der Waals surface area contributed by atoms with E-state index in [1.54, 1.807) is 0 Å². The van der Waals surface area contributed by atoms with Gasteiger partial charge in [-0.3, -0.25) is 4.79 Å². The molecule has 1 aromatic carbocycles.